The molecule has 0 spiro atoms. The second kappa shape index (κ2) is 8.64. The van der Waals surface area contributed by atoms with Crippen LogP contribution in [0.1, 0.15) is 36.5 Å². The van der Waals surface area contributed by atoms with Gasteiger partial charge < -0.3 is 14.7 Å². The standard InChI is InChI=1S/C17H26N2O5S/c1-3-12-24-16-7-6-14(13-15(16)17(20)21)25(22,23)18(2)10-11-19-8-4-5-9-19/h6-7,13H,3-5,8-12H2,1-2H3,(H,20,21). The summed E-state index contributed by atoms with van der Waals surface area (Å²) in [6.45, 7) is 5.34. The van der Waals surface area contributed by atoms with Gasteiger partial charge in [-0.1, -0.05) is 6.92 Å². The molecule has 0 aromatic heterocycles. The van der Waals surface area contributed by atoms with Crippen molar-refractivity contribution >= 4 is 16.0 Å². The molecule has 0 unspecified atom stereocenters. The molecule has 0 amide bonds. The molecule has 0 atom stereocenters. The summed E-state index contributed by atoms with van der Waals surface area (Å²) < 4.78 is 32.1. The fourth-order valence-corrected chi connectivity index (χ4v) is 3.95. The summed E-state index contributed by atoms with van der Waals surface area (Å²) >= 11 is 0. The molecule has 0 bridgehead atoms. The highest BCUT2D eigenvalue weighted by atomic mass is 32.2. The van der Waals surface area contributed by atoms with Gasteiger partial charge in [0, 0.05) is 20.1 Å². The van der Waals surface area contributed by atoms with Crippen LogP contribution in [0, 0.1) is 0 Å². The topological polar surface area (TPSA) is 87.2 Å². The zero-order valence-corrected chi connectivity index (χ0v) is 15.6. The zero-order valence-electron chi connectivity index (χ0n) is 14.8. The van der Waals surface area contributed by atoms with Gasteiger partial charge in [-0.15, -0.1) is 0 Å². The Balaban J connectivity index is 2.16. The molecule has 1 aromatic carbocycles. The van der Waals surface area contributed by atoms with Gasteiger partial charge in [0.1, 0.15) is 11.3 Å². The van der Waals surface area contributed by atoms with Crippen molar-refractivity contribution in [2.75, 3.05) is 39.8 Å². The van der Waals surface area contributed by atoms with Crippen LogP contribution in [0.3, 0.4) is 0 Å². The molecule has 1 aliphatic rings. The van der Waals surface area contributed by atoms with E-state index >= 15 is 0 Å². The van der Waals surface area contributed by atoms with Crippen LogP contribution in [-0.2, 0) is 10.0 Å². The van der Waals surface area contributed by atoms with Crippen LogP contribution in [0.4, 0.5) is 0 Å². The van der Waals surface area contributed by atoms with Crippen molar-refractivity contribution in [1.82, 2.24) is 9.21 Å². The second-order valence-electron chi connectivity index (χ2n) is 6.19. The van der Waals surface area contributed by atoms with E-state index in [2.05, 4.69) is 4.90 Å². The molecule has 1 N–H and O–H groups in total. The number of carboxylic acid groups (broad SMARTS) is 1. The number of likely N-dealkylation sites (tertiary alicyclic amines) is 1. The van der Waals surface area contributed by atoms with Gasteiger partial charge in [0.05, 0.1) is 11.5 Å². The Morgan fingerprint density at radius 2 is 2.00 bits per heavy atom. The van der Waals surface area contributed by atoms with Crippen LogP contribution in [0.2, 0.25) is 0 Å². The van der Waals surface area contributed by atoms with Gasteiger partial charge >= 0.3 is 5.97 Å². The molecule has 7 nitrogen and oxygen atoms in total. The molecule has 0 radical (unpaired) electrons. The highest BCUT2D eigenvalue weighted by Gasteiger charge is 2.24. The molecule has 1 heterocycles. The van der Waals surface area contributed by atoms with Crippen molar-refractivity contribution in [2.45, 2.75) is 31.1 Å². The first-order valence-corrected chi connectivity index (χ1v) is 9.99. The first kappa shape index (κ1) is 19.7. The molecule has 0 aliphatic carbocycles. The average Bonchev–Trinajstić information content (AvgIpc) is 3.10. The Morgan fingerprint density at radius 3 is 2.60 bits per heavy atom. The number of rotatable bonds is 9. The van der Waals surface area contributed by atoms with E-state index in [4.69, 9.17) is 4.74 Å². The Kier molecular flexibility index (Phi) is 6.80. The smallest absolute Gasteiger partial charge is 0.339 e. The number of hydrogen-bond acceptors (Lipinski definition) is 5. The monoisotopic (exact) mass is 370 g/mol. The molecular formula is C17H26N2O5S. The first-order chi connectivity index (χ1) is 11.9. The number of carboxylic acids is 1. The molecule has 0 saturated carbocycles. The molecule has 1 fully saturated rings. The van der Waals surface area contributed by atoms with E-state index in [0.717, 1.165) is 32.4 Å². The lowest BCUT2D eigenvalue weighted by atomic mass is 10.2. The van der Waals surface area contributed by atoms with Gasteiger partial charge in [-0.25, -0.2) is 13.2 Å². The highest BCUT2D eigenvalue weighted by Crippen LogP contribution is 2.25. The number of likely N-dealkylation sites (N-methyl/N-ethyl adjacent to an activating group) is 1. The third kappa shape index (κ3) is 4.93. The largest absolute Gasteiger partial charge is 0.493 e. The van der Waals surface area contributed by atoms with Crippen molar-refractivity contribution in [3.05, 3.63) is 23.8 Å². The van der Waals surface area contributed by atoms with Gasteiger partial charge in [-0.3, -0.25) is 0 Å². The Hall–Kier alpha value is -1.64. The van der Waals surface area contributed by atoms with Crippen molar-refractivity contribution in [3.8, 4) is 5.75 Å². The highest BCUT2D eigenvalue weighted by molar-refractivity contribution is 7.89. The van der Waals surface area contributed by atoms with Crippen molar-refractivity contribution in [1.29, 1.82) is 0 Å². The summed E-state index contributed by atoms with van der Waals surface area (Å²) in [5.74, 6) is -1.02. The number of hydrogen-bond donors (Lipinski definition) is 1. The Morgan fingerprint density at radius 1 is 1.32 bits per heavy atom. The lowest BCUT2D eigenvalue weighted by Gasteiger charge is -2.21. The Bertz CT molecular complexity index is 699. The molecule has 140 valence electrons. The number of ether oxygens (including phenoxy) is 1. The van der Waals surface area contributed by atoms with Crippen LogP contribution < -0.4 is 4.74 Å². The number of sulfonamides is 1. The molecule has 1 aliphatic heterocycles. The van der Waals surface area contributed by atoms with Crippen LogP contribution in [-0.4, -0.2) is 68.5 Å². The summed E-state index contributed by atoms with van der Waals surface area (Å²) in [7, 11) is -2.22. The van der Waals surface area contributed by atoms with Crippen LogP contribution in [0.25, 0.3) is 0 Å². The zero-order chi connectivity index (χ0) is 18.4. The van der Waals surface area contributed by atoms with Crippen LogP contribution in [0.5, 0.6) is 5.75 Å². The van der Waals surface area contributed by atoms with E-state index in [9.17, 15) is 18.3 Å². The normalized spacial score (nSPS) is 15.6. The molecule has 2 rings (SSSR count). The maximum atomic E-state index is 12.7. The van der Waals surface area contributed by atoms with E-state index in [0.29, 0.717) is 19.7 Å². The summed E-state index contributed by atoms with van der Waals surface area (Å²) in [5.41, 5.74) is -0.137. The van der Waals surface area contributed by atoms with E-state index < -0.39 is 16.0 Å². The van der Waals surface area contributed by atoms with Gasteiger partial charge in [0.25, 0.3) is 0 Å². The lowest BCUT2D eigenvalue weighted by molar-refractivity contribution is 0.0692. The predicted octanol–water partition coefficient (Wildman–Crippen LogP) is 1.89. The molecule has 1 aromatic rings. The third-order valence-corrected chi connectivity index (χ3v) is 6.13. The molecular weight excluding hydrogens is 344 g/mol. The minimum Gasteiger partial charge on any atom is -0.493 e. The summed E-state index contributed by atoms with van der Waals surface area (Å²) in [4.78, 5) is 13.6. The number of benzene rings is 1. The number of nitrogens with zero attached hydrogens (tertiary/aromatic N) is 2. The average molecular weight is 370 g/mol. The fourth-order valence-electron chi connectivity index (χ4n) is 2.76. The molecule has 1 saturated heterocycles. The summed E-state index contributed by atoms with van der Waals surface area (Å²) in [6.07, 6.45) is 3.04. The summed E-state index contributed by atoms with van der Waals surface area (Å²) in [5, 5.41) is 9.35. The van der Waals surface area contributed by atoms with E-state index in [-0.39, 0.29) is 16.2 Å². The number of carbonyl (C=O) groups is 1. The minimum absolute atomic E-state index is 0.0299. The molecule has 25 heavy (non-hydrogen) atoms. The second-order valence-corrected chi connectivity index (χ2v) is 8.23. The lowest BCUT2D eigenvalue weighted by Crippen LogP contribution is -2.35. The van der Waals surface area contributed by atoms with Crippen molar-refractivity contribution in [2.24, 2.45) is 0 Å². The number of aromatic carboxylic acids is 1. The fraction of sp³-hybridized carbons (Fsp3) is 0.588. The van der Waals surface area contributed by atoms with Gasteiger partial charge in [0.15, 0.2) is 0 Å². The van der Waals surface area contributed by atoms with E-state index in [1.807, 2.05) is 6.92 Å². The molecule has 8 heteroatoms. The quantitative estimate of drug-likeness (QED) is 0.714. The van der Waals surface area contributed by atoms with Gasteiger partial charge in [-0.05, 0) is 50.6 Å². The predicted molar refractivity (Wildman–Crippen MR) is 94.7 cm³/mol. The van der Waals surface area contributed by atoms with Gasteiger partial charge in [0.2, 0.25) is 10.0 Å². The first-order valence-electron chi connectivity index (χ1n) is 8.55. The SMILES string of the molecule is CCCOc1ccc(S(=O)(=O)N(C)CCN2CCCC2)cc1C(=O)O. The third-order valence-electron chi connectivity index (χ3n) is 4.28. The van der Waals surface area contributed by atoms with Crippen LogP contribution >= 0.6 is 0 Å². The van der Waals surface area contributed by atoms with E-state index in [1.165, 1.54) is 29.6 Å². The minimum atomic E-state index is -3.74. The van der Waals surface area contributed by atoms with E-state index in [1.54, 1.807) is 0 Å². The van der Waals surface area contributed by atoms with Gasteiger partial charge in [-0.2, -0.15) is 4.31 Å². The maximum absolute atomic E-state index is 12.7. The van der Waals surface area contributed by atoms with Crippen LogP contribution in [0.15, 0.2) is 23.1 Å². The van der Waals surface area contributed by atoms with Crippen molar-refractivity contribution < 1.29 is 23.1 Å². The summed E-state index contributed by atoms with van der Waals surface area (Å²) in [6, 6.07) is 3.99. The maximum Gasteiger partial charge on any atom is 0.339 e. The Labute approximate surface area is 149 Å². The van der Waals surface area contributed by atoms with Crippen molar-refractivity contribution in [3.63, 3.8) is 0 Å².